The first-order valence-corrected chi connectivity index (χ1v) is 11.0. The van der Waals surface area contributed by atoms with Gasteiger partial charge in [0.25, 0.3) is 10.0 Å². The van der Waals surface area contributed by atoms with Crippen molar-refractivity contribution in [2.45, 2.75) is 11.5 Å². The number of rotatable bonds is 9. The van der Waals surface area contributed by atoms with Crippen LogP contribution >= 0.6 is 11.6 Å². The number of benzene rings is 3. The molecule has 156 valence electrons. The summed E-state index contributed by atoms with van der Waals surface area (Å²) in [5.41, 5.74) is 1.54. The van der Waals surface area contributed by atoms with Gasteiger partial charge in [-0.15, -0.1) is 6.58 Å². The summed E-state index contributed by atoms with van der Waals surface area (Å²) in [6.07, 6.45) is 1.53. The van der Waals surface area contributed by atoms with E-state index in [4.69, 9.17) is 21.1 Å². The van der Waals surface area contributed by atoms with Crippen LogP contribution in [0.1, 0.15) is 5.56 Å². The molecule has 0 spiro atoms. The van der Waals surface area contributed by atoms with Gasteiger partial charge >= 0.3 is 0 Å². The second kappa shape index (κ2) is 9.69. The molecule has 0 aliphatic heterocycles. The van der Waals surface area contributed by atoms with Gasteiger partial charge in [-0.3, -0.25) is 4.31 Å². The fourth-order valence-corrected chi connectivity index (χ4v) is 4.63. The lowest BCUT2D eigenvalue weighted by atomic mass is 10.2. The van der Waals surface area contributed by atoms with Crippen molar-refractivity contribution < 1.29 is 17.9 Å². The van der Waals surface area contributed by atoms with E-state index < -0.39 is 10.0 Å². The van der Waals surface area contributed by atoms with Crippen LogP contribution in [0.2, 0.25) is 5.02 Å². The van der Waals surface area contributed by atoms with Crippen LogP contribution in [0.25, 0.3) is 0 Å². The highest BCUT2D eigenvalue weighted by Gasteiger charge is 2.25. The van der Waals surface area contributed by atoms with Gasteiger partial charge in [0.05, 0.1) is 29.3 Å². The molecule has 3 rings (SSSR count). The molecule has 0 fully saturated rings. The average Bonchev–Trinajstić information content (AvgIpc) is 2.77. The molecular formula is C23H22ClNO4S. The first-order chi connectivity index (χ1) is 14.5. The van der Waals surface area contributed by atoms with Gasteiger partial charge in [-0.05, 0) is 48.0 Å². The molecule has 3 aromatic rings. The van der Waals surface area contributed by atoms with Crippen molar-refractivity contribution in [2.75, 3.05) is 18.0 Å². The number of anilines is 1. The third-order valence-electron chi connectivity index (χ3n) is 4.38. The summed E-state index contributed by atoms with van der Waals surface area (Å²) in [6, 6.07) is 21.1. The third kappa shape index (κ3) is 4.96. The van der Waals surface area contributed by atoms with Crippen LogP contribution in [-0.2, 0) is 16.6 Å². The normalized spacial score (nSPS) is 11.0. The first kappa shape index (κ1) is 21.7. The zero-order valence-corrected chi connectivity index (χ0v) is 18.1. The first-order valence-electron chi connectivity index (χ1n) is 9.19. The van der Waals surface area contributed by atoms with Crippen LogP contribution < -0.4 is 13.8 Å². The van der Waals surface area contributed by atoms with E-state index in [2.05, 4.69) is 6.58 Å². The summed E-state index contributed by atoms with van der Waals surface area (Å²) < 4.78 is 38.6. The van der Waals surface area contributed by atoms with Crippen molar-refractivity contribution in [1.82, 2.24) is 0 Å². The van der Waals surface area contributed by atoms with Crippen LogP contribution in [0.4, 0.5) is 5.69 Å². The summed E-state index contributed by atoms with van der Waals surface area (Å²) in [5.74, 6) is 1.05. The molecule has 0 saturated heterocycles. The molecule has 0 aliphatic carbocycles. The zero-order chi connectivity index (χ0) is 21.6. The van der Waals surface area contributed by atoms with Gasteiger partial charge in [0, 0.05) is 0 Å². The van der Waals surface area contributed by atoms with Gasteiger partial charge in [-0.25, -0.2) is 8.42 Å². The van der Waals surface area contributed by atoms with Crippen molar-refractivity contribution in [3.63, 3.8) is 0 Å². The molecule has 3 aromatic carbocycles. The lowest BCUT2D eigenvalue weighted by molar-refractivity contribution is 0.306. The van der Waals surface area contributed by atoms with Crippen molar-refractivity contribution in [3.8, 4) is 11.5 Å². The van der Waals surface area contributed by atoms with E-state index in [0.717, 1.165) is 5.56 Å². The monoisotopic (exact) mass is 443 g/mol. The third-order valence-corrected chi connectivity index (χ3v) is 6.46. The van der Waals surface area contributed by atoms with Crippen LogP contribution in [0.3, 0.4) is 0 Å². The number of hydrogen-bond acceptors (Lipinski definition) is 4. The molecule has 5 nitrogen and oxygen atoms in total. The minimum atomic E-state index is -3.85. The maximum absolute atomic E-state index is 13.2. The molecular weight excluding hydrogens is 422 g/mol. The van der Waals surface area contributed by atoms with Gasteiger partial charge in [-0.1, -0.05) is 48.0 Å². The van der Waals surface area contributed by atoms with Crippen molar-refractivity contribution >= 4 is 27.3 Å². The number of methoxy groups -OCH3 is 1. The predicted molar refractivity (Wildman–Crippen MR) is 120 cm³/mol. The Morgan fingerprint density at radius 1 is 1.03 bits per heavy atom. The number of ether oxygens (including phenoxy) is 2. The molecule has 0 aliphatic rings. The molecule has 0 heterocycles. The second-order valence-corrected chi connectivity index (χ2v) is 8.66. The number of hydrogen-bond donors (Lipinski definition) is 0. The Kier molecular flexibility index (Phi) is 7.03. The van der Waals surface area contributed by atoms with Crippen LogP contribution in [0.15, 0.2) is 90.3 Å². The van der Waals surface area contributed by atoms with Crippen molar-refractivity contribution in [1.29, 1.82) is 0 Å². The summed E-state index contributed by atoms with van der Waals surface area (Å²) >= 11 is 6.12. The minimum absolute atomic E-state index is 0.0690. The van der Waals surface area contributed by atoms with Gasteiger partial charge in [-0.2, -0.15) is 0 Å². The van der Waals surface area contributed by atoms with Crippen LogP contribution in [-0.4, -0.2) is 22.1 Å². The Labute approximate surface area is 182 Å². The molecule has 7 heteroatoms. The van der Waals surface area contributed by atoms with Gasteiger partial charge < -0.3 is 9.47 Å². The maximum atomic E-state index is 13.2. The molecule has 0 atom stereocenters. The van der Waals surface area contributed by atoms with Crippen molar-refractivity contribution in [2.24, 2.45) is 0 Å². The van der Waals surface area contributed by atoms with Crippen LogP contribution in [0.5, 0.6) is 11.5 Å². The lowest BCUT2D eigenvalue weighted by Crippen LogP contribution is -2.31. The fraction of sp³-hybridized carbons (Fsp3) is 0.130. The fourth-order valence-electron chi connectivity index (χ4n) is 2.84. The zero-order valence-electron chi connectivity index (χ0n) is 16.5. The lowest BCUT2D eigenvalue weighted by Gasteiger charge is -2.23. The standard InChI is InChI=1S/C23H22ClNO4S/c1-3-15-25(30(26,27)21-13-14-23(28-2)22(24)16-21)19-9-11-20(12-10-19)29-17-18-7-5-4-6-8-18/h3-14,16H,1,15,17H2,2H3. The van der Waals surface area contributed by atoms with Gasteiger partial charge in [0.1, 0.15) is 18.1 Å². The molecule has 0 unspecified atom stereocenters. The summed E-state index contributed by atoms with van der Waals surface area (Å²) in [7, 11) is -2.38. The van der Waals surface area contributed by atoms with E-state index in [1.807, 2.05) is 30.3 Å². The summed E-state index contributed by atoms with van der Waals surface area (Å²) in [4.78, 5) is 0.0690. The molecule has 0 amide bonds. The molecule has 0 saturated carbocycles. The van der Waals surface area contributed by atoms with Gasteiger partial charge in [0.2, 0.25) is 0 Å². The summed E-state index contributed by atoms with van der Waals surface area (Å²) in [5, 5.41) is 0.224. The Balaban J connectivity index is 1.83. The molecule has 0 N–H and O–H groups in total. The number of nitrogens with zero attached hydrogens (tertiary/aromatic N) is 1. The average molecular weight is 444 g/mol. The SMILES string of the molecule is C=CCN(c1ccc(OCc2ccccc2)cc1)S(=O)(=O)c1ccc(OC)c(Cl)c1. The van der Waals surface area contributed by atoms with E-state index >= 15 is 0 Å². The van der Waals surface area contributed by atoms with E-state index in [1.165, 1.54) is 35.7 Å². The largest absolute Gasteiger partial charge is 0.495 e. The van der Waals surface area contributed by atoms with Crippen molar-refractivity contribution in [3.05, 3.63) is 96.0 Å². The number of halogens is 1. The highest BCUT2D eigenvalue weighted by molar-refractivity contribution is 7.92. The minimum Gasteiger partial charge on any atom is -0.495 e. The molecule has 0 radical (unpaired) electrons. The highest BCUT2D eigenvalue weighted by atomic mass is 35.5. The van der Waals surface area contributed by atoms with Gasteiger partial charge in [0.15, 0.2) is 0 Å². The summed E-state index contributed by atoms with van der Waals surface area (Å²) in [6.45, 7) is 4.22. The smallest absolute Gasteiger partial charge is 0.264 e. The Morgan fingerprint density at radius 3 is 2.33 bits per heavy atom. The Bertz CT molecular complexity index is 1100. The predicted octanol–water partition coefficient (Wildman–Crippen LogP) is 5.31. The Morgan fingerprint density at radius 2 is 1.73 bits per heavy atom. The quantitative estimate of drug-likeness (QED) is 0.420. The topological polar surface area (TPSA) is 55.8 Å². The molecule has 30 heavy (non-hydrogen) atoms. The van der Waals surface area contributed by atoms with E-state index in [0.29, 0.717) is 23.8 Å². The molecule has 0 bridgehead atoms. The second-order valence-electron chi connectivity index (χ2n) is 6.39. The molecule has 0 aromatic heterocycles. The van der Waals surface area contributed by atoms with E-state index in [9.17, 15) is 8.42 Å². The maximum Gasteiger partial charge on any atom is 0.264 e. The van der Waals surface area contributed by atoms with E-state index in [1.54, 1.807) is 24.3 Å². The van der Waals surface area contributed by atoms with E-state index in [-0.39, 0.29) is 16.5 Å². The Hall–Kier alpha value is -2.96. The highest BCUT2D eigenvalue weighted by Crippen LogP contribution is 2.31. The van der Waals surface area contributed by atoms with Crippen LogP contribution in [0, 0.1) is 0 Å². The number of sulfonamides is 1.